The van der Waals surface area contributed by atoms with E-state index in [0.717, 1.165) is 19.4 Å². The Morgan fingerprint density at radius 3 is 2.72 bits per heavy atom. The Morgan fingerprint density at radius 1 is 1.50 bits per heavy atom. The fraction of sp³-hybridized carbons (Fsp3) is 0.692. The first kappa shape index (κ1) is 14.7. The van der Waals surface area contributed by atoms with Crippen molar-refractivity contribution >= 4 is 5.97 Å². The standard InChI is InChI=1S/C13H23N3O2/c1-11(2)15-13(3,12(17)18)6-4-5-8-16-9-7-14-10-16/h7,9-11,15H,4-6,8H2,1-3H3,(H,17,18). The largest absolute Gasteiger partial charge is 0.480 e. The molecular formula is C13H23N3O2. The minimum absolute atomic E-state index is 0.166. The second-order valence-corrected chi connectivity index (χ2v) is 5.19. The number of rotatable bonds is 8. The highest BCUT2D eigenvalue weighted by atomic mass is 16.4. The van der Waals surface area contributed by atoms with E-state index in [1.165, 1.54) is 0 Å². The zero-order valence-electron chi connectivity index (χ0n) is 11.4. The molecule has 5 nitrogen and oxygen atoms in total. The lowest BCUT2D eigenvalue weighted by Gasteiger charge is -2.28. The summed E-state index contributed by atoms with van der Waals surface area (Å²) in [6, 6.07) is 0.166. The third-order valence-electron chi connectivity index (χ3n) is 2.98. The van der Waals surface area contributed by atoms with Gasteiger partial charge < -0.3 is 9.67 Å². The number of nitrogens with zero attached hydrogens (tertiary/aromatic N) is 2. The topological polar surface area (TPSA) is 67.2 Å². The number of imidazole rings is 1. The van der Waals surface area contributed by atoms with Crippen LogP contribution >= 0.6 is 0 Å². The van der Waals surface area contributed by atoms with Gasteiger partial charge in [-0.1, -0.05) is 0 Å². The van der Waals surface area contributed by atoms with Crippen LogP contribution in [0.25, 0.3) is 0 Å². The highest BCUT2D eigenvalue weighted by molar-refractivity contribution is 5.78. The van der Waals surface area contributed by atoms with Crippen LogP contribution in [0.15, 0.2) is 18.7 Å². The SMILES string of the molecule is CC(C)NC(C)(CCCCn1ccnc1)C(=O)O. The summed E-state index contributed by atoms with van der Waals surface area (Å²) < 4.78 is 2.01. The molecule has 0 radical (unpaired) electrons. The van der Waals surface area contributed by atoms with Crippen LogP contribution in [0.2, 0.25) is 0 Å². The maximum Gasteiger partial charge on any atom is 0.323 e. The first-order valence-corrected chi connectivity index (χ1v) is 6.41. The Kier molecular flexibility index (Phi) is 5.34. The van der Waals surface area contributed by atoms with E-state index in [2.05, 4.69) is 10.3 Å². The molecule has 102 valence electrons. The highest BCUT2D eigenvalue weighted by Crippen LogP contribution is 2.15. The maximum atomic E-state index is 11.3. The molecule has 2 N–H and O–H groups in total. The molecule has 0 aliphatic rings. The molecule has 0 aliphatic carbocycles. The minimum Gasteiger partial charge on any atom is -0.480 e. The van der Waals surface area contributed by atoms with Gasteiger partial charge in [0.25, 0.3) is 0 Å². The molecule has 0 amide bonds. The molecule has 0 spiro atoms. The number of carbonyl (C=O) groups is 1. The number of aryl methyl sites for hydroxylation is 1. The normalized spacial score (nSPS) is 14.7. The van der Waals surface area contributed by atoms with Crippen molar-refractivity contribution in [3.8, 4) is 0 Å². The van der Waals surface area contributed by atoms with E-state index in [1.807, 2.05) is 24.6 Å². The van der Waals surface area contributed by atoms with Gasteiger partial charge >= 0.3 is 5.97 Å². The van der Waals surface area contributed by atoms with E-state index in [4.69, 9.17) is 0 Å². The molecule has 5 heteroatoms. The van der Waals surface area contributed by atoms with Gasteiger partial charge in [0.15, 0.2) is 0 Å². The number of aromatic nitrogens is 2. The van der Waals surface area contributed by atoms with Gasteiger partial charge in [-0.05, 0) is 40.0 Å². The molecular weight excluding hydrogens is 230 g/mol. The van der Waals surface area contributed by atoms with E-state index in [0.29, 0.717) is 6.42 Å². The lowest BCUT2D eigenvalue weighted by molar-refractivity contribution is -0.144. The lowest BCUT2D eigenvalue weighted by atomic mass is 9.94. The van der Waals surface area contributed by atoms with Gasteiger partial charge in [-0.3, -0.25) is 10.1 Å². The third-order valence-corrected chi connectivity index (χ3v) is 2.98. The number of hydrogen-bond acceptors (Lipinski definition) is 3. The first-order chi connectivity index (χ1) is 8.44. The number of nitrogens with one attached hydrogen (secondary N) is 1. The van der Waals surface area contributed by atoms with E-state index in [-0.39, 0.29) is 6.04 Å². The van der Waals surface area contributed by atoms with Gasteiger partial charge in [0.1, 0.15) is 5.54 Å². The van der Waals surface area contributed by atoms with Crippen LogP contribution in [0.1, 0.15) is 40.0 Å². The zero-order valence-corrected chi connectivity index (χ0v) is 11.4. The van der Waals surface area contributed by atoms with E-state index >= 15 is 0 Å². The molecule has 18 heavy (non-hydrogen) atoms. The number of carboxylic acid groups (broad SMARTS) is 1. The highest BCUT2D eigenvalue weighted by Gasteiger charge is 2.32. The van der Waals surface area contributed by atoms with Gasteiger partial charge in [-0.25, -0.2) is 4.98 Å². The average Bonchev–Trinajstić information content (AvgIpc) is 2.76. The Hall–Kier alpha value is -1.36. The van der Waals surface area contributed by atoms with Crippen LogP contribution in [-0.2, 0) is 11.3 Å². The van der Waals surface area contributed by atoms with E-state index in [9.17, 15) is 9.90 Å². The Bertz CT molecular complexity index is 362. The van der Waals surface area contributed by atoms with Crippen LogP contribution in [0.5, 0.6) is 0 Å². The lowest BCUT2D eigenvalue weighted by Crippen LogP contribution is -2.52. The summed E-state index contributed by atoms with van der Waals surface area (Å²) in [6.45, 7) is 6.57. The predicted molar refractivity (Wildman–Crippen MR) is 70.4 cm³/mol. The molecule has 1 aromatic heterocycles. The summed E-state index contributed by atoms with van der Waals surface area (Å²) in [5, 5.41) is 12.4. The van der Waals surface area contributed by atoms with Crippen molar-refractivity contribution in [3.63, 3.8) is 0 Å². The van der Waals surface area contributed by atoms with Crippen LogP contribution in [0.3, 0.4) is 0 Å². The average molecular weight is 253 g/mol. The first-order valence-electron chi connectivity index (χ1n) is 6.41. The molecule has 1 unspecified atom stereocenters. The number of unbranched alkanes of at least 4 members (excludes halogenated alkanes) is 1. The molecule has 0 saturated heterocycles. The van der Waals surface area contributed by atoms with Crippen LogP contribution in [0.4, 0.5) is 0 Å². The quantitative estimate of drug-likeness (QED) is 0.694. The van der Waals surface area contributed by atoms with E-state index in [1.54, 1.807) is 19.4 Å². The van der Waals surface area contributed by atoms with E-state index < -0.39 is 11.5 Å². The smallest absolute Gasteiger partial charge is 0.323 e. The minimum atomic E-state index is -0.830. The van der Waals surface area contributed by atoms with Gasteiger partial charge in [-0.2, -0.15) is 0 Å². The van der Waals surface area contributed by atoms with Crippen molar-refractivity contribution < 1.29 is 9.90 Å². The fourth-order valence-corrected chi connectivity index (χ4v) is 2.07. The molecule has 0 fully saturated rings. The number of aliphatic carboxylic acids is 1. The Labute approximate surface area is 108 Å². The van der Waals surface area contributed by atoms with Crippen molar-refractivity contribution in [1.82, 2.24) is 14.9 Å². The van der Waals surface area contributed by atoms with Crippen molar-refractivity contribution in [1.29, 1.82) is 0 Å². The van der Waals surface area contributed by atoms with Crippen molar-refractivity contribution in [2.45, 2.75) is 58.2 Å². The van der Waals surface area contributed by atoms with Crippen molar-refractivity contribution in [2.75, 3.05) is 0 Å². The fourth-order valence-electron chi connectivity index (χ4n) is 2.07. The molecule has 1 heterocycles. The van der Waals surface area contributed by atoms with Crippen LogP contribution in [0, 0.1) is 0 Å². The second-order valence-electron chi connectivity index (χ2n) is 5.19. The molecule has 0 aliphatic heterocycles. The molecule has 0 saturated carbocycles. The number of carboxylic acids is 1. The zero-order chi connectivity index (χ0) is 13.6. The second kappa shape index (κ2) is 6.54. The Balaban J connectivity index is 2.36. The van der Waals surface area contributed by atoms with Crippen LogP contribution in [-0.4, -0.2) is 32.2 Å². The third kappa shape index (κ3) is 4.49. The molecule has 1 atom stereocenters. The molecule has 1 aromatic rings. The van der Waals surface area contributed by atoms with Gasteiger partial charge in [0.2, 0.25) is 0 Å². The summed E-state index contributed by atoms with van der Waals surface area (Å²) in [6.07, 6.45) is 7.92. The van der Waals surface area contributed by atoms with Crippen LogP contribution < -0.4 is 5.32 Å². The van der Waals surface area contributed by atoms with Crippen molar-refractivity contribution in [3.05, 3.63) is 18.7 Å². The monoisotopic (exact) mass is 253 g/mol. The summed E-state index contributed by atoms with van der Waals surface area (Å²) in [4.78, 5) is 15.3. The summed E-state index contributed by atoms with van der Waals surface area (Å²) >= 11 is 0. The summed E-state index contributed by atoms with van der Waals surface area (Å²) in [7, 11) is 0. The maximum absolute atomic E-state index is 11.3. The van der Waals surface area contributed by atoms with Gasteiger partial charge in [0.05, 0.1) is 6.33 Å². The molecule has 0 bridgehead atoms. The summed E-state index contributed by atoms with van der Waals surface area (Å²) in [5.74, 6) is -0.779. The summed E-state index contributed by atoms with van der Waals surface area (Å²) in [5.41, 5.74) is -0.830. The Morgan fingerprint density at radius 2 is 2.22 bits per heavy atom. The molecule has 0 aromatic carbocycles. The van der Waals surface area contributed by atoms with Gasteiger partial charge in [0, 0.05) is 25.0 Å². The number of hydrogen-bond donors (Lipinski definition) is 2. The predicted octanol–water partition coefficient (Wildman–Crippen LogP) is 1.89. The van der Waals surface area contributed by atoms with Crippen molar-refractivity contribution in [2.24, 2.45) is 0 Å². The van der Waals surface area contributed by atoms with Gasteiger partial charge in [-0.15, -0.1) is 0 Å². The molecule has 1 rings (SSSR count).